The van der Waals surface area contributed by atoms with Crippen LogP contribution < -0.4 is 0 Å². The van der Waals surface area contributed by atoms with E-state index < -0.39 is 51.3 Å². The van der Waals surface area contributed by atoms with Gasteiger partial charge in [0, 0.05) is 12.8 Å². The number of allylic oxidation sites excluding steroid dienone is 7. The Labute approximate surface area is 327 Å². The molecule has 0 aliphatic rings. The zero-order valence-corrected chi connectivity index (χ0v) is 34.5. The van der Waals surface area contributed by atoms with Gasteiger partial charge in [-0.05, 0) is 64.2 Å². The lowest BCUT2D eigenvalue weighted by atomic mass is 10.1. The van der Waals surface area contributed by atoms with Gasteiger partial charge in [-0.3, -0.25) is 14.1 Å². The topological polar surface area (TPSA) is 160 Å². The van der Waals surface area contributed by atoms with Crippen molar-refractivity contribution in [1.29, 1.82) is 0 Å². The highest BCUT2D eigenvalue weighted by Crippen LogP contribution is 2.36. The standard InChI is InChI=1S/C43H75O10P/c1-3-5-7-9-11-12-13-14-15-16-17-18-19-20-21-23-29-35-43(47)53-41(38-52-54(48,49)50)37-51-42(46)36-30-34-40(45)33-28-25-24-27-32-39(44)31-26-22-10-8-6-4-2/h14-15,22,24-28,32-33,39-41,44-45H,3-13,16-21,23,29-31,34-38H2,1-2H3,(H2,48,49,50)/b15-14-,25-24+,26-22-,32-27+,33-28-/t39-,40-,41-/m1/s1. The summed E-state index contributed by atoms with van der Waals surface area (Å²) in [4.78, 5) is 42.8. The van der Waals surface area contributed by atoms with Crippen LogP contribution in [0.5, 0.6) is 0 Å². The smallest absolute Gasteiger partial charge is 0.462 e. The van der Waals surface area contributed by atoms with Crippen LogP contribution in [0.25, 0.3) is 0 Å². The van der Waals surface area contributed by atoms with Crippen LogP contribution in [0.2, 0.25) is 0 Å². The van der Waals surface area contributed by atoms with Crippen LogP contribution in [0, 0.1) is 0 Å². The maximum atomic E-state index is 12.4. The van der Waals surface area contributed by atoms with Gasteiger partial charge in [-0.1, -0.05) is 152 Å². The van der Waals surface area contributed by atoms with E-state index in [0.29, 0.717) is 25.7 Å². The van der Waals surface area contributed by atoms with Crippen molar-refractivity contribution in [2.45, 2.75) is 186 Å². The number of aliphatic hydroxyl groups excluding tert-OH is 2. The molecule has 0 bridgehead atoms. The van der Waals surface area contributed by atoms with Crippen LogP contribution in [-0.2, 0) is 28.2 Å². The molecule has 0 aromatic carbocycles. The fraction of sp³-hybridized carbons (Fsp3) is 0.721. The quantitative estimate of drug-likeness (QED) is 0.0157. The zero-order chi connectivity index (χ0) is 40.0. The van der Waals surface area contributed by atoms with E-state index in [1.165, 1.54) is 77.0 Å². The highest BCUT2D eigenvalue weighted by atomic mass is 31.2. The first kappa shape index (κ1) is 51.7. The largest absolute Gasteiger partial charge is 0.469 e. The molecule has 0 saturated heterocycles. The summed E-state index contributed by atoms with van der Waals surface area (Å²) in [5.41, 5.74) is 0. The molecule has 54 heavy (non-hydrogen) atoms. The number of hydrogen-bond acceptors (Lipinski definition) is 8. The molecule has 10 nitrogen and oxygen atoms in total. The third-order valence-electron chi connectivity index (χ3n) is 8.70. The predicted molar refractivity (Wildman–Crippen MR) is 219 cm³/mol. The van der Waals surface area contributed by atoms with Gasteiger partial charge < -0.3 is 29.5 Å². The molecule has 0 radical (unpaired) electrons. The molecule has 11 heteroatoms. The molecule has 0 fully saturated rings. The second kappa shape index (κ2) is 37.6. The lowest BCUT2D eigenvalue weighted by Crippen LogP contribution is -2.29. The first-order valence-corrected chi connectivity index (χ1v) is 22.3. The number of unbranched alkanes of at least 4 members (excludes halogenated alkanes) is 16. The van der Waals surface area contributed by atoms with Crippen LogP contribution in [0.3, 0.4) is 0 Å². The van der Waals surface area contributed by atoms with E-state index >= 15 is 0 Å². The van der Waals surface area contributed by atoms with Gasteiger partial charge in [0.25, 0.3) is 0 Å². The second-order valence-corrected chi connectivity index (χ2v) is 15.2. The lowest BCUT2D eigenvalue weighted by molar-refractivity contribution is -0.161. The van der Waals surface area contributed by atoms with E-state index in [1.54, 1.807) is 36.5 Å². The number of carbonyl (C=O) groups excluding carboxylic acids is 2. The summed E-state index contributed by atoms with van der Waals surface area (Å²) in [5.74, 6) is -1.13. The van der Waals surface area contributed by atoms with Gasteiger partial charge in [-0.2, -0.15) is 0 Å². The number of carbonyl (C=O) groups is 2. The third-order valence-corrected chi connectivity index (χ3v) is 9.18. The molecule has 0 amide bonds. The molecule has 4 N–H and O–H groups in total. The molecule has 3 atom stereocenters. The molecule has 0 aromatic rings. The Hall–Kier alpha value is -2.33. The number of phosphoric acid groups is 1. The first-order chi connectivity index (χ1) is 26.1. The molecular formula is C43H75O10P. The van der Waals surface area contributed by atoms with Crippen molar-refractivity contribution < 1.29 is 48.2 Å². The van der Waals surface area contributed by atoms with E-state index in [0.717, 1.165) is 38.5 Å². The molecule has 0 spiro atoms. The van der Waals surface area contributed by atoms with E-state index in [2.05, 4.69) is 36.6 Å². The highest BCUT2D eigenvalue weighted by molar-refractivity contribution is 7.46. The average Bonchev–Trinajstić information content (AvgIpc) is 3.13. The summed E-state index contributed by atoms with van der Waals surface area (Å²) in [6.07, 6.45) is 40.0. The predicted octanol–water partition coefficient (Wildman–Crippen LogP) is 10.5. The minimum Gasteiger partial charge on any atom is -0.462 e. The molecule has 0 heterocycles. The zero-order valence-electron chi connectivity index (χ0n) is 33.6. The van der Waals surface area contributed by atoms with Crippen molar-refractivity contribution in [2.24, 2.45) is 0 Å². The molecule has 0 aliphatic heterocycles. The van der Waals surface area contributed by atoms with Crippen LogP contribution in [0.4, 0.5) is 0 Å². The fourth-order valence-corrected chi connectivity index (χ4v) is 5.86. The van der Waals surface area contributed by atoms with E-state index in [1.807, 2.05) is 6.08 Å². The van der Waals surface area contributed by atoms with Crippen molar-refractivity contribution in [3.05, 3.63) is 60.8 Å². The molecule has 0 unspecified atom stereocenters. The van der Waals surface area contributed by atoms with Gasteiger partial charge in [0.05, 0.1) is 18.8 Å². The van der Waals surface area contributed by atoms with Gasteiger partial charge in [0.2, 0.25) is 0 Å². The van der Waals surface area contributed by atoms with Crippen molar-refractivity contribution in [1.82, 2.24) is 0 Å². The Kier molecular flexibility index (Phi) is 36.0. The monoisotopic (exact) mass is 783 g/mol. The summed E-state index contributed by atoms with van der Waals surface area (Å²) in [6.45, 7) is 3.40. The number of hydrogen-bond donors (Lipinski definition) is 4. The number of phosphoric ester groups is 1. The van der Waals surface area contributed by atoms with Gasteiger partial charge >= 0.3 is 19.8 Å². The Morgan fingerprint density at radius 2 is 1.06 bits per heavy atom. The number of esters is 2. The molecule has 312 valence electrons. The number of rotatable bonds is 37. The van der Waals surface area contributed by atoms with Gasteiger partial charge in [-0.25, -0.2) is 4.57 Å². The Morgan fingerprint density at radius 3 is 1.65 bits per heavy atom. The minimum absolute atomic E-state index is 0.00435. The molecule has 0 aromatic heterocycles. The van der Waals surface area contributed by atoms with Crippen LogP contribution in [0.1, 0.15) is 168 Å². The summed E-state index contributed by atoms with van der Waals surface area (Å²) in [7, 11) is -4.82. The molecule has 0 rings (SSSR count). The summed E-state index contributed by atoms with van der Waals surface area (Å²) in [6, 6.07) is 0. The summed E-state index contributed by atoms with van der Waals surface area (Å²) in [5, 5.41) is 20.2. The number of ether oxygens (including phenoxy) is 2. The summed E-state index contributed by atoms with van der Waals surface area (Å²) < 4.78 is 26.2. The molecule has 0 aliphatic carbocycles. The van der Waals surface area contributed by atoms with Crippen molar-refractivity contribution in [3.8, 4) is 0 Å². The highest BCUT2D eigenvalue weighted by Gasteiger charge is 2.23. The maximum absolute atomic E-state index is 12.4. The first-order valence-electron chi connectivity index (χ1n) is 20.8. The Morgan fingerprint density at radius 1 is 0.574 bits per heavy atom. The molecule has 0 saturated carbocycles. The normalized spacial score (nSPS) is 14.3. The lowest BCUT2D eigenvalue weighted by Gasteiger charge is -2.18. The Bertz CT molecular complexity index is 1090. The number of aliphatic hydroxyl groups is 2. The van der Waals surface area contributed by atoms with Crippen molar-refractivity contribution in [2.75, 3.05) is 13.2 Å². The SMILES string of the molecule is CCCCC/C=C\C[C@@H](O)/C=C/C=C/C=C\[C@@H](O)CCCC(=O)OC[C@H](COP(=O)(O)O)OC(=O)CCCCCCCCC/C=C\CCCCCCCC. The van der Waals surface area contributed by atoms with Crippen molar-refractivity contribution >= 4 is 19.8 Å². The third kappa shape index (κ3) is 39.4. The Balaban J connectivity index is 4.20. The van der Waals surface area contributed by atoms with E-state index in [9.17, 15) is 24.4 Å². The van der Waals surface area contributed by atoms with Crippen LogP contribution in [-0.4, -0.2) is 63.5 Å². The van der Waals surface area contributed by atoms with Gasteiger partial charge in [0.1, 0.15) is 6.61 Å². The van der Waals surface area contributed by atoms with Crippen LogP contribution >= 0.6 is 7.82 Å². The summed E-state index contributed by atoms with van der Waals surface area (Å²) >= 11 is 0. The van der Waals surface area contributed by atoms with Crippen LogP contribution in [0.15, 0.2) is 60.8 Å². The van der Waals surface area contributed by atoms with E-state index in [4.69, 9.17) is 19.3 Å². The molecular weight excluding hydrogens is 707 g/mol. The van der Waals surface area contributed by atoms with E-state index in [-0.39, 0.29) is 12.8 Å². The average molecular weight is 783 g/mol. The van der Waals surface area contributed by atoms with Gasteiger partial charge in [0.15, 0.2) is 6.10 Å². The van der Waals surface area contributed by atoms with Gasteiger partial charge in [-0.15, -0.1) is 0 Å². The minimum atomic E-state index is -4.82. The fourth-order valence-electron chi connectivity index (χ4n) is 5.50. The second-order valence-electron chi connectivity index (χ2n) is 14.0. The van der Waals surface area contributed by atoms with Crippen molar-refractivity contribution in [3.63, 3.8) is 0 Å². The maximum Gasteiger partial charge on any atom is 0.469 e.